The van der Waals surface area contributed by atoms with E-state index in [1.54, 1.807) is 16.0 Å². The molecule has 1 saturated heterocycles. The molecule has 2 unspecified atom stereocenters. The molecule has 171 valence electrons. The summed E-state index contributed by atoms with van der Waals surface area (Å²) >= 11 is -1.49. The molecule has 0 aromatic heterocycles. The first-order chi connectivity index (χ1) is 14.1. The first-order valence-corrected chi connectivity index (χ1v) is 12.5. The molecule has 2 aromatic carbocycles. The van der Waals surface area contributed by atoms with Crippen molar-refractivity contribution < 1.29 is 55.5 Å². The summed E-state index contributed by atoms with van der Waals surface area (Å²) in [6.07, 6.45) is 6.74. The van der Waals surface area contributed by atoms with E-state index in [1.807, 2.05) is 18.2 Å². The van der Waals surface area contributed by atoms with Gasteiger partial charge < -0.3 is 24.8 Å². The molecule has 0 radical (unpaired) electrons. The molecule has 0 bridgehead atoms. The van der Waals surface area contributed by atoms with Gasteiger partial charge >= 0.3 is 99.6 Å². The molecule has 5 rings (SSSR count). The summed E-state index contributed by atoms with van der Waals surface area (Å²) in [6, 6.07) is 6.36. The Morgan fingerprint density at radius 2 is 1.78 bits per heavy atom. The molecule has 1 fully saturated rings. The van der Waals surface area contributed by atoms with Crippen LogP contribution in [0.15, 0.2) is 51.4 Å². The summed E-state index contributed by atoms with van der Waals surface area (Å²) in [5, 5.41) is 1.23. The number of allylic oxidation sites excluding steroid dienone is 5. The number of hydroxylamine groups is 1. The molecule has 2 atom stereocenters. The third-order valence-corrected chi connectivity index (χ3v) is 10.0. The minimum atomic E-state index is -1.49. The summed E-state index contributed by atoms with van der Waals surface area (Å²) < 4.78 is 36.7. The topological polar surface area (TPSA) is 15.5 Å². The Bertz CT molecular complexity index is 1120. The maximum atomic E-state index is 13.5. The number of rotatable bonds is 1. The Morgan fingerprint density at radius 1 is 1.09 bits per heavy atom. The second kappa shape index (κ2) is 10.1. The minimum Gasteiger partial charge on any atom is -1.00 e. The molecule has 0 spiro atoms. The number of halogens is 4. The van der Waals surface area contributed by atoms with E-state index in [2.05, 4.69) is 51.2 Å². The van der Waals surface area contributed by atoms with Gasteiger partial charge in [-0.05, 0) is 17.4 Å². The summed E-state index contributed by atoms with van der Waals surface area (Å²) in [6.45, 7) is 13.4. The molecular formula is C25H28Cl2F2NOTi. The van der Waals surface area contributed by atoms with Crippen molar-refractivity contribution in [1.29, 1.82) is 0 Å². The van der Waals surface area contributed by atoms with Gasteiger partial charge in [-0.3, -0.25) is 0 Å². The SMILES string of the molecule is CC1=CC(C)[C]([Ti+2]2[O][N]2C(C)(C)C)=C1C.Fc1cc(F)c2cccc3c2c1C=CC3.[Cl-].[Cl-]. The zero-order valence-electron chi connectivity index (χ0n) is 19.2. The zero-order valence-corrected chi connectivity index (χ0v) is 22.3. The van der Waals surface area contributed by atoms with Crippen molar-refractivity contribution in [3.05, 3.63) is 74.2 Å². The average Bonchev–Trinajstić information content (AvgIpc) is 3.42. The Hall–Kier alpha value is -1.01. The van der Waals surface area contributed by atoms with Gasteiger partial charge in [0.1, 0.15) is 11.6 Å². The second-order valence-electron chi connectivity index (χ2n) is 9.24. The third kappa shape index (κ3) is 5.06. The van der Waals surface area contributed by atoms with Crippen LogP contribution >= 0.6 is 0 Å². The van der Waals surface area contributed by atoms with Gasteiger partial charge in [-0.15, -0.1) is 0 Å². The molecule has 1 heterocycles. The molecule has 0 saturated carbocycles. The Morgan fingerprint density at radius 3 is 2.34 bits per heavy atom. The van der Waals surface area contributed by atoms with Crippen LogP contribution in [0.3, 0.4) is 0 Å². The van der Waals surface area contributed by atoms with Crippen molar-refractivity contribution in [2.75, 3.05) is 0 Å². The van der Waals surface area contributed by atoms with Crippen LogP contribution in [0.2, 0.25) is 0 Å². The fourth-order valence-electron chi connectivity index (χ4n) is 4.30. The van der Waals surface area contributed by atoms with Gasteiger partial charge in [-0.1, -0.05) is 30.4 Å². The van der Waals surface area contributed by atoms with Crippen LogP contribution in [-0.4, -0.2) is 9.08 Å². The van der Waals surface area contributed by atoms with Gasteiger partial charge in [-0.2, -0.15) is 0 Å². The van der Waals surface area contributed by atoms with Crippen molar-refractivity contribution in [3.8, 4) is 0 Å². The first-order valence-electron chi connectivity index (χ1n) is 10.4. The zero-order chi connectivity index (χ0) is 21.8. The monoisotopic (exact) mass is 514 g/mol. The van der Waals surface area contributed by atoms with Gasteiger partial charge in [0.25, 0.3) is 0 Å². The first kappa shape index (κ1) is 27.2. The Balaban J connectivity index is 0.000000214. The molecule has 0 N–H and O–H groups in total. The third-order valence-electron chi connectivity index (χ3n) is 5.93. The smallest absolute Gasteiger partial charge is 0.133 e. The van der Waals surface area contributed by atoms with E-state index in [4.69, 9.17) is 3.42 Å². The minimum absolute atomic E-state index is 0. The van der Waals surface area contributed by atoms with Crippen LogP contribution in [0, 0.1) is 17.6 Å². The average molecular weight is 515 g/mol. The van der Waals surface area contributed by atoms with E-state index in [9.17, 15) is 8.78 Å². The van der Waals surface area contributed by atoms with Crippen LogP contribution in [-0.2, 0) is 28.4 Å². The molecule has 1 aliphatic heterocycles. The van der Waals surface area contributed by atoms with Crippen LogP contribution in [0.25, 0.3) is 16.8 Å². The van der Waals surface area contributed by atoms with E-state index >= 15 is 0 Å². The molecule has 0 amide bonds. The van der Waals surface area contributed by atoms with Crippen LogP contribution in [0.5, 0.6) is 0 Å². The van der Waals surface area contributed by atoms with Crippen LogP contribution < -0.4 is 24.8 Å². The van der Waals surface area contributed by atoms with Gasteiger partial charge in [0.2, 0.25) is 0 Å². The molecule has 3 aliphatic rings. The molecule has 2 nitrogen and oxygen atoms in total. The molecule has 7 heteroatoms. The van der Waals surface area contributed by atoms with Crippen molar-refractivity contribution in [2.24, 2.45) is 5.92 Å². The summed E-state index contributed by atoms with van der Waals surface area (Å²) in [7, 11) is 0. The standard InChI is InChI=1S/C13H8F2.C8H11.C4H9NO.2ClH.Ti/c14-11-7-12(15)10-6-2-4-8-3-1-5-9(11)13(8)10;1-6-4-7(2)8(3)5-6;1-4(2,3)5-6;;;/h1-3,5-7H,4H2;4,6H,1-3H3;1-3H3;2*1H;/q;;-2;;;+4/p-2. The predicted molar refractivity (Wildman–Crippen MR) is 115 cm³/mol. The molecule has 32 heavy (non-hydrogen) atoms. The van der Waals surface area contributed by atoms with Gasteiger partial charge in [0, 0.05) is 17.0 Å². The fraction of sp³-hybridized carbons (Fsp3) is 0.360. The molecular weight excluding hydrogens is 487 g/mol. The van der Waals surface area contributed by atoms with Crippen molar-refractivity contribution in [2.45, 2.75) is 53.5 Å². The fourth-order valence-corrected chi connectivity index (χ4v) is 8.22. The molecule has 2 aliphatic carbocycles. The van der Waals surface area contributed by atoms with Crippen LogP contribution in [0.1, 0.15) is 52.7 Å². The van der Waals surface area contributed by atoms with Gasteiger partial charge in [-0.25, -0.2) is 8.78 Å². The second-order valence-corrected chi connectivity index (χ2v) is 12.0. The van der Waals surface area contributed by atoms with Crippen molar-refractivity contribution in [3.63, 3.8) is 0 Å². The van der Waals surface area contributed by atoms with E-state index in [0.717, 1.165) is 23.4 Å². The van der Waals surface area contributed by atoms with Crippen LogP contribution in [0.4, 0.5) is 8.78 Å². The van der Waals surface area contributed by atoms with Crippen molar-refractivity contribution >= 4 is 16.8 Å². The van der Waals surface area contributed by atoms with E-state index in [1.165, 1.54) is 11.1 Å². The summed E-state index contributed by atoms with van der Waals surface area (Å²) in [4.78, 5) is 0. The molecule has 2 aromatic rings. The van der Waals surface area contributed by atoms with E-state index in [0.29, 0.717) is 16.9 Å². The number of hydrogen-bond acceptors (Lipinski definition) is 2. The summed E-state index contributed by atoms with van der Waals surface area (Å²) in [5.74, 6) is -0.362. The normalized spacial score (nSPS) is 20.9. The van der Waals surface area contributed by atoms with Crippen molar-refractivity contribution in [1.82, 2.24) is 3.55 Å². The van der Waals surface area contributed by atoms with E-state index < -0.39 is 30.1 Å². The predicted octanol–water partition coefficient (Wildman–Crippen LogP) is 1.05. The number of hydrogen-bond donors (Lipinski definition) is 0. The summed E-state index contributed by atoms with van der Waals surface area (Å²) in [5.41, 5.74) is 4.61. The maximum absolute atomic E-state index is 13.5. The quantitative estimate of drug-likeness (QED) is 0.417. The largest absolute Gasteiger partial charge is 1.00 e. The Kier molecular flexibility index (Phi) is 8.59. The number of nitrogens with zero attached hydrogens (tertiary/aromatic N) is 1. The maximum Gasteiger partial charge on any atom is 0.133 e. The van der Waals surface area contributed by atoms with E-state index in [-0.39, 0.29) is 30.4 Å². The van der Waals surface area contributed by atoms with Gasteiger partial charge in [0.15, 0.2) is 0 Å². The van der Waals surface area contributed by atoms with Gasteiger partial charge in [0.05, 0.1) is 0 Å². The Labute approximate surface area is 208 Å². The number of benzene rings is 2.